The van der Waals surface area contributed by atoms with Gasteiger partial charge >= 0.3 is 0 Å². The molecular formula is C23H40IN5O. The van der Waals surface area contributed by atoms with Gasteiger partial charge in [-0.1, -0.05) is 32.4 Å². The zero-order chi connectivity index (χ0) is 20.9. The van der Waals surface area contributed by atoms with Crippen LogP contribution in [0.4, 0.5) is 0 Å². The van der Waals surface area contributed by atoms with Crippen molar-refractivity contribution >= 4 is 35.8 Å². The molecule has 0 bridgehead atoms. The Morgan fingerprint density at radius 2 is 1.77 bits per heavy atom. The lowest BCUT2D eigenvalue weighted by Gasteiger charge is -2.32. The number of likely N-dealkylation sites (tertiary alicyclic amines) is 1. The Morgan fingerprint density at radius 3 is 2.37 bits per heavy atom. The van der Waals surface area contributed by atoms with Crippen LogP contribution in [0.25, 0.3) is 0 Å². The molecule has 0 unspecified atom stereocenters. The first-order valence-electron chi connectivity index (χ1n) is 11.3. The van der Waals surface area contributed by atoms with E-state index in [1.165, 1.54) is 13.0 Å². The standard InChI is InChI=1S/C23H39N5O.HI/c1-4-7-14-25-22(29)20-10-8-19(9-11-20)18-26-23(24-6-3)27-21-12-16-28(15-5-2)17-13-21;/h8-11,21H,4-7,12-18H2,1-3H3,(H,25,29)(H2,24,26,27);1H. The molecule has 1 aromatic carbocycles. The minimum absolute atomic E-state index is 0. The van der Waals surface area contributed by atoms with Crippen molar-refractivity contribution in [3.63, 3.8) is 0 Å². The summed E-state index contributed by atoms with van der Waals surface area (Å²) in [7, 11) is 0. The number of carbonyl (C=O) groups excluding carboxylic acids is 1. The fourth-order valence-corrected chi connectivity index (χ4v) is 3.54. The maximum absolute atomic E-state index is 12.1. The summed E-state index contributed by atoms with van der Waals surface area (Å²) in [5.74, 6) is 0.876. The number of unbranched alkanes of at least 4 members (excludes halogenated alkanes) is 1. The fraction of sp³-hybridized carbons (Fsp3) is 0.652. The van der Waals surface area contributed by atoms with E-state index in [2.05, 4.69) is 41.6 Å². The summed E-state index contributed by atoms with van der Waals surface area (Å²) in [5, 5.41) is 9.90. The smallest absolute Gasteiger partial charge is 0.251 e. The maximum Gasteiger partial charge on any atom is 0.251 e. The topological polar surface area (TPSA) is 68.8 Å². The first-order valence-corrected chi connectivity index (χ1v) is 11.3. The summed E-state index contributed by atoms with van der Waals surface area (Å²) in [5.41, 5.74) is 1.81. The van der Waals surface area contributed by atoms with Gasteiger partial charge in [-0.3, -0.25) is 4.79 Å². The number of hydrogen-bond donors (Lipinski definition) is 3. The molecule has 2 rings (SSSR count). The molecular weight excluding hydrogens is 489 g/mol. The van der Waals surface area contributed by atoms with Crippen LogP contribution in [0.2, 0.25) is 0 Å². The van der Waals surface area contributed by atoms with E-state index in [1.807, 2.05) is 24.3 Å². The third-order valence-electron chi connectivity index (χ3n) is 5.26. The van der Waals surface area contributed by atoms with Crippen LogP contribution in [0.5, 0.6) is 0 Å². The molecule has 1 amide bonds. The molecule has 0 spiro atoms. The number of carbonyl (C=O) groups is 1. The van der Waals surface area contributed by atoms with Crippen molar-refractivity contribution in [2.45, 2.75) is 65.5 Å². The highest BCUT2D eigenvalue weighted by atomic mass is 127. The number of benzene rings is 1. The molecule has 1 aliphatic rings. The number of amides is 1. The lowest BCUT2D eigenvalue weighted by Crippen LogP contribution is -2.48. The number of nitrogens with zero attached hydrogens (tertiary/aromatic N) is 2. The van der Waals surface area contributed by atoms with Gasteiger partial charge in [-0.2, -0.15) is 0 Å². The van der Waals surface area contributed by atoms with E-state index in [1.54, 1.807) is 0 Å². The van der Waals surface area contributed by atoms with Gasteiger partial charge in [-0.15, -0.1) is 24.0 Å². The van der Waals surface area contributed by atoms with Gasteiger partial charge in [0.25, 0.3) is 5.91 Å². The number of guanidine groups is 1. The van der Waals surface area contributed by atoms with E-state index >= 15 is 0 Å². The Morgan fingerprint density at radius 1 is 1.07 bits per heavy atom. The average molecular weight is 530 g/mol. The maximum atomic E-state index is 12.1. The zero-order valence-electron chi connectivity index (χ0n) is 18.9. The lowest BCUT2D eigenvalue weighted by atomic mass is 10.1. The number of halogens is 1. The first kappa shape index (κ1) is 26.7. The lowest BCUT2D eigenvalue weighted by molar-refractivity contribution is 0.0953. The molecule has 0 aromatic heterocycles. The number of aliphatic imine (C=N–C) groups is 1. The highest BCUT2D eigenvalue weighted by Crippen LogP contribution is 2.11. The van der Waals surface area contributed by atoms with Crippen molar-refractivity contribution in [3.05, 3.63) is 35.4 Å². The minimum atomic E-state index is -0.00192. The molecule has 7 heteroatoms. The number of hydrogen-bond acceptors (Lipinski definition) is 3. The SMILES string of the molecule is CCCCNC(=O)c1ccc(CN=C(NCC)NC2CCN(CCC)CC2)cc1.I. The zero-order valence-corrected chi connectivity index (χ0v) is 21.2. The minimum Gasteiger partial charge on any atom is -0.357 e. The van der Waals surface area contributed by atoms with Crippen molar-refractivity contribution in [2.75, 3.05) is 32.7 Å². The largest absolute Gasteiger partial charge is 0.357 e. The van der Waals surface area contributed by atoms with Gasteiger partial charge in [-0.05, 0) is 56.8 Å². The van der Waals surface area contributed by atoms with E-state index in [0.717, 1.165) is 63.4 Å². The normalized spacial score (nSPS) is 15.4. The van der Waals surface area contributed by atoms with E-state index in [9.17, 15) is 4.79 Å². The Kier molecular flexibility index (Phi) is 13.7. The van der Waals surface area contributed by atoms with Crippen LogP contribution in [0.15, 0.2) is 29.3 Å². The third-order valence-corrected chi connectivity index (χ3v) is 5.26. The van der Waals surface area contributed by atoms with Crippen LogP contribution in [0, 0.1) is 0 Å². The predicted molar refractivity (Wildman–Crippen MR) is 137 cm³/mol. The fourth-order valence-electron chi connectivity index (χ4n) is 3.54. The van der Waals surface area contributed by atoms with Crippen molar-refractivity contribution in [1.82, 2.24) is 20.9 Å². The monoisotopic (exact) mass is 529 g/mol. The van der Waals surface area contributed by atoms with Crippen LogP contribution < -0.4 is 16.0 Å². The molecule has 0 radical (unpaired) electrons. The second kappa shape index (κ2) is 15.5. The van der Waals surface area contributed by atoms with Gasteiger partial charge in [0, 0.05) is 37.8 Å². The van der Waals surface area contributed by atoms with Gasteiger partial charge < -0.3 is 20.9 Å². The van der Waals surface area contributed by atoms with Crippen LogP contribution in [0.1, 0.15) is 68.8 Å². The molecule has 1 saturated heterocycles. The number of rotatable bonds is 10. The molecule has 1 fully saturated rings. The molecule has 1 heterocycles. The summed E-state index contributed by atoms with van der Waals surface area (Å²) in [6.07, 6.45) is 5.63. The summed E-state index contributed by atoms with van der Waals surface area (Å²) in [6, 6.07) is 8.23. The Bertz CT molecular complexity index is 627. The van der Waals surface area contributed by atoms with Crippen LogP contribution in [0.3, 0.4) is 0 Å². The van der Waals surface area contributed by atoms with Crippen LogP contribution >= 0.6 is 24.0 Å². The highest BCUT2D eigenvalue weighted by molar-refractivity contribution is 14.0. The molecule has 0 atom stereocenters. The molecule has 1 aliphatic heterocycles. The first-order chi connectivity index (χ1) is 14.2. The van der Waals surface area contributed by atoms with E-state index in [0.29, 0.717) is 18.2 Å². The quantitative estimate of drug-likeness (QED) is 0.187. The van der Waals surface area contributed by atoms with Crippen molar-refractivity contribution in [1.29, 1.82) is 0 Å². The predicted octanol–water partition coefficient (Wildman–Crippen LogP) is 3.76. The molecule has 1 aromatic rings. The number of piperidine rings is 1. The molecule has 170 valence electrons. The Labute approximate surface area is 199 Å². The second-order valence-corrected chi connectivity index (χ2v) is 7.76. The van der Waals surface area contributed by atoms with E-state index in [4.69, 9.17) is 4.99 Å². The summed E-state index contributed by atoms with van der Waals surface area (Å²) < 4.78 is 0. The molecule has 0 saturated carbocycles. The van der Waals surface area contributed by atoms with Crippen molar-refractivity contribution in [2.24, 2.45) is 4.99 Å². The molecule has 0 aliphatic carbocycles. The summed E-state index contributed by atoms with van der Waals surface area (Å²) in [4.78, 5) is 19.4. The Hall–Kier alpha value is -1.35. The number of nitrogens with one attached hydrogen (secondary N) is 3. The van der Waals surface area contributed by atoms with E-state index in [-0.39, 0.29) is 29.9 Å². The van der Waals surface area contributed by atoms with Crippen LogP contribution in [-0.4, -0.2) is 55.5 Å². The van der Waals surface area contributed by atoms with Crippen molar-refractivity contribution in [3.8, 4) is 0 Å². The van der Waals surface area contributed by atoms with E-state index < -0.39 is 0 Å². The molecule has 6 nitrogen and oxygen atoms in total. The highest BCUT2D eigenvalue weighted by Gasteiger charge is 2.19. The van der Waals surface area contributed by atoms with Gasteiger partial charge in [-0.25, -0.2) is 4.99 Å². The van der Waals surface area contributed by atoms with Gasteiger partial charge in [0.05, 0.1) is 6.54 Å². The summed E-state index contributed by atoms with van der Waals surface area (Å²) in [6.45, 7) is 12.1. The average Bonchev–Trinajstić information content (AvgIpc) is 2.74. The van der Waals surface area contributed by atoms with Gasteiger partial charge in [0.15, 0.2) is 5.96 Å². The molecule has 3 N–H and O–H groups in total. The third kappa shape index (κ3) is 9.64. The van der Waals surface area contributed by atoms with Crippen LogP contribution in [-0.2, 0) is 6.54 Å². The van der Waals surface area contributed by atoms with Gasteiger partial charge in [0.1, 0.15) is 0 Å². The van der Waals surface area contributed by atoms with Crippen molar-refractivity contribution < 1.29 is 4.79 Å². The summed E-state index contributed by atoms with van der Waals surface area (Å²) >= 11 is 0. The Balaban J connectivity index is 0.00000450. The second-order valence-electron chi connectivity index (χ2n) is 7.76. The molecule has 30 heavy (non-hydrogen) atoms. The van der Waals surface area contributed by atoms with Gasteiger partial charge in [0.2, 0.25) is 0 Å².